The van der Waals surface area contributed by atoms with Gasteiger partial charge in [-0.1, -0.05) is 6.07 Å². The first-order valence-electron chi connectivity index (χ1n) is 7.75. The Kier molecular flexibility index (Phi) is 4.16. The predicted octanol–water partition coefficient (Wildman–Crippen LogP) is 0.309. The number of nitrogens with one attached hydrogen (secondary N) is 1. The number of nitrogens with zero attached hydrogens (tertiary/aromatic N) is 1. The normalized spacial score (nSPS) is 20.9. The van der Waals surface area contributed by atoms with Gasteiger partial charge in [-0.05, 0) is 26.0 Å². The molecule has 3 rings (SSSR count). The fraction of sp³-hybridized carbons (Fsp3) is 0.438. The molecule has 1 atom stereocenters. The van der Waals surface area contributed by atoms with Gasteiger partial charge in [-0.25, -0.2) is 13.4 Å². The lowest BCUT2D eigenvalue weighted by Crippen LogP contribution is -2.86. The number of H-pyrrole nitrogens is 1. The number of aromatic nitrogens is 1. The Morgan fingerprint density at radius 1 is 1.32 bits per heavy atom. The van der Waals surface area contributed by atoms with Crippen LogP contribution in [0, 0.1) is 6.92 Å². The van der Waals surface area contributed by atoms with E-state index in [4.69, 9.17) is 0 Å². The Bertz CT molecular complexity index is 784. The molecule has 2 heterocycles. The Morgan fingerprint density at radius 2 is 2.14 bits per heavy atom. The van der Waals surface area contributed by atoms with Crippen LogP contribution in [0.25, 0.3) is 10.8 Å². The molecule has 3 N–H and O–H groups in total. The molecule has 2 aromatic rings. The zero-order valence-electron chi connectivity index (χ0n) is 13.0. The lowest BCUT2D eigenvalue weighted by Gasteiger charge is -2.25. The van der Waals surface area contributed by atoms with E-state index in [0.717, 1.165) is 35.8 Å². The van der Waals surface area contributed by atoms with Crippen molar-refractivity contribution in [3.05, 3.63) is 36.2 Å². The Labute approximate surface area is 131 Å². The molecular formula is C16H23N3O2S+2. The van der Waals surface area contributed by atoms with Crippen molar-refractivity contribution in [2.24, 2.45) is 0 Å². The van der Waals surface area contributed by atoms with E-state index in [0.29, 0.717) is 11.4 Å². The molecule has 6 heteroatoms. The van der Waals surface area contributed by atoms with Gasteiger partial charge in [0.1, 0.15) is 0 Å². The van der Waals surface area contributed by atoms with Gasteiger partial charge in [-0.2, -0.15) is 4.31 Å². The summed E-state index contributed by atoms with van der Waals surface area (Å²) in [6, 6.07) is 5.50. The number of sulfonamides is 1. The molecule has 1 saturated heterocycles. The maximum atomic E-state index is 13.2. The SMILES string of the molecule is Cc1c[nH+]cc2cccc(S(=O)(=O)N3CCC[NH2+]C[C@@H]3C)c12. The number of nitrogens with two attached hydrogens (primary N) is 1. The summed E-state index contributed by atoms with van der Waals surface area (Å²) in [6.07, 6.45) is 4.59. The number of fused-ring (bicyclic) bond motifs is 1. The van der Waals surface area contributed by atoms with Crippen molar-refractivity contribution in [3.63, 3.8) is 0 Å². The van der Waals surface area contributed by atoms with Crippen LogP contribution < -0.4 is 10.3 Å². The second-order valence-corrected chi connectivity index (χ2v) is 7.85. The fourth-order valence-corrected chi connectivity index (χ4v) is 5.18. The Balaban J connectivity index is 2.17. The average molecular weight is 321 g/mol. The van der Waals surface area contributed by atoms with Crippen LogP contribution in [0.2, 0.25) is 0 Å². The summed E-state index contributed by atoms with van der Waals surface area (Å²) in [5, 5.41) is 3.94. The first kappa shape index (κ1) is 15.4. The van der Waals surface area contributed by atoms with Crippen LogP contribution in [0.5, 0.6) is 0 Å². The number of pyridine rings is 1. The van der Waals surface area contributed by atoms with Crippen molar-refractivity contribution in [1.82, 2.24) is 4.31 Å². The molecule has 0 saturated carbocycles. The van der Waals surface area contributed by atoms with Crippen LogP contribution in [0.15, 0.2) is 35.5 Å². The summed E-state index contributed by atoms with van der Waals surface area (Å²) in [6.45, 7) is 6.33. The van der Waals surface area contributed by atoms with Crippen LogP contribution in [0.1, 0.15) is 18.9 Å². The minimum Gasteiger partial charge on any atom is -0.345 e. The van der Waals surface area contributed by atoms with Crippen LogP contribution in [0.4, 0.5) is 0 Å². The van der Waals surface area contributed by atoms with E-state index in [-0.39, 0.29) is 6.04 Å². The first-order chi connectivity index (χ1) is 10.5. The maximum absolute atomic E-state index is 13.2. The summed E-state index contributed by atoms with van der Waals surface area (Å²) in [7, 11) is -3.48. The van der Waals surface area contributed by atoms with Crippen LogP contribution in [0.3, 0.4) is 0 Å². The van der Waals surface area contributed by atoms with Crippen molar-refractivity contribution >= 4 is 20.8 Å². The average Bonchev–Trinajstić information content (AvgIpc) is 2.72. The standard InChI is InChI=1S/C16H21N3O2S/c1-12-9-18-11-14-5-3-6-15(16(12)14)22(20,21)19-8-4-7-17-10-13(19)2/h3,5-6,9,11,13,17H,4,7-8,10H2,1-2H3/p+2/t13-/m0/s1. The highest BCUT2D eigenvalue weighted by molar-refractivity contribution is 7.89. The van der Waals surface area contributed by atoms with Gasteiger partial charge < -0.3 is 5.32 Å². The van der Waals surface area contributed by atoms with Crippen molar-refractivity contribution in [1.29, 1.82) is 0 Å². The molecule has 1 fully saturated rings. The molecule has 0 unspecified atom stereocenters. The third kappa shape index (κ3) is 2.62. The molecule has 22 heavy (non-hydrogen) atoms. The van der Waals surface area contributed by atoms with Gasteiger partial charge in [-0.15, -0.1) is 0 Å². The number of hydrogen-bond acceptors (Lipinski definition) is 2. The smallest absolute Gasteiger partial charge is 0.244 e. The number of aryl methyl sites for hydroxylation is 1. The second-order valence-electron chi connectivity index (χ2n) is 5.99. The summed E-state index contributed by atoms with van der Waals surface area (Å²) >= 11 is 0. The van der Waals surface area contributed by atoms with E-state index >= 15 is 0 Å². The Morgan fingerprint density at radius 3 is 2.95 bits per heavy atom. The highest BCUT2D eigenvalue weighted by Crippen LogP contribution is 2.28. The minimum absolute atomic E-state index is 0.0123. The molecule has 1 aliphatic heterocycles. The third-order valence-corrected chi connectivity index (χ3v) is 6.42. The highest BCUT2D eigenvalue weighted by Gasteiger charge is 2.32. The second kappa shape index (κ2) is 5.95. The van der Waals surface area contributed by atoms with Gasteiger partial charge in [0.15, 0.2) is 12.4 Å². The predicted molar refractivity (Wildman–Crippen MR) is 84.9 cm³/mol. The molecule has 0 spiro atoms. The van der Waals surface area contributed by atoms with Crippen molar-refractivity contribution in [3.8, 4) is 0 Å². The van der Waals surface area contributed by atoms with Gasteiger partial charge >= 0.3 is 0 Å². The van der Waals surface area contributed by atoms with Crippen LogP contribution in [-0.2, 0) is 10.0 Å². The van der Waals surface area contributed by atoms with E-state index < -0.39 is 10.0 Å². The van der Waals surface area contributed by atoms with Crippen LogP contribution >= 0.6 is 0 Å². The number of hydrogen-bond donors (Lipinski definition) is 1. The van der Waals surface area contributed by atoms with Crippen molar-refractivity contribution in [2.75, 3.05) is 19.6 Å². The number of rotatable bonds is 2. The summed E-state index contributed by atoms with van der Waals surface area (Å²) in [5.74, 6) is 0. The molecule has 0 bridgehead atoms. The van der Waals surface area contributed by atoms with E-state index in [1.54, 1.807) is 10.4 Å². The largest absolute Gasteiger partial charge is 0.345 e. The van der Waals surface area contributed by atoms with Gasteiger partial charge in [0.25, 0.3) is 0 Å². The maximum Gasteiger partial charge on any atom is 0.244 e. The molecule has 1 aromatic heterocycles. The van der Waals surface area contributed by atoms with Crippen molar-refractivity contribution < 1.29 is 18.7 Å². The molecule has 0 amide bonds. The molecule has 0 radical (unpaired) electrons. The number of quaternary nitrogens is 1. The lowest BCUT2D eigenvalue weighted by molar-refractivity contribution is -0.654. The molecule has 5 nitrogen and oxygen atoms in total. The Hall–Kier alpha value is -1.50. The first-order valence-corrected chi connectivity index (χ1v) is 9.19. The number of aromatic amines is 1. The summed E-state index contributed by atoms with van der Waals surface area (Å²) in [4.78, 5) is 3.49. The monoisotopic (exact) mass is 321 g/mol. The molecule has 1 aromatic carbocycles. The van der Waals surface area contributed by atoms with E-state index in [2.05, 4.69) is 10.3 Å². The zero-order chi connectivity index (χ0) is 15.7. The minimum atomic E-state index is -3.48. The summed E-state index contributed by atoms with van der Waals surface area (Å²) in [5.41, 5.74) is 0.950. The van der Waals surface area contributed by atoms with E-state index in [1.807, 2.05) is 38.4 Å². The van der Waals surface area contributed by atoms with Gasteiger partial charge in [0.2, 0.25) is 10.0 Å². The van der Waals surface area contributed by atoms with Gasteiger partial charge in [-0.3, -0.25) is 0 Å². The zero-order valence-corrected chi connectivity index (χ0v) is 13.9. The molecule has 0 aliphatic carbocycles. The van der Waals surface area contributed by atoms with Crippen LogP contribution in [-0.4, -0.2) is 38.4 Å². The van der Waals surface area contributed by atoms with E-state index in [9.17, 15) is 8.42 Å². The molecule has 118 valence electrons. The lowest BCUT2D eigenvalue weighted by atomic mass is 10.1. The number of benzene rings is 1. The highest BCUT2D eigenvalue weighted by atomic mass is 32.2. The van der Waals surface area contributed by atoms with Crippen molar-refractivity contribution in [2.45, 2.75) is 31.2 Å². The van der Waals surface area contributed by atoms with Gasteiger partial charge in [0, 0.05) is 29.3 Å². The summed E-state index contributed by atoms with van der Waals surface area (Å²) < 4.78 is 28.1. The molecule has 1 aliphatic rings. The third-order valence-electron chi connectivity index (χ3n) is 4.36. The topological polar surface area (TPSA) is 68.1 Å². The quantitative estimate of drug-likeness (QED) is 0.865. The van der Waals surface area contributed by atoms with Gasteiger partial charge in [0.05, 0.1) is 24.0 Å². The van der Waals surface area contributed by atoms with E-state index in [1.165, 1.54) is 0 Å². The fourth-order valence-electron chi connectivity index (χ4n) is 3.21. The molecular weight excluding hydrogens is 298 g/mol.